The number of anilines is 1. The molecule has 29 heavy (non-hydrogen) atoms. The number of benzene rings is 1. The van der Waals surface area contributed by atoms with Crippen molar-refractivity contribution in [1.29, 1.82) is 0 Å². The van der Waals surface area contributed by atoms with E-state index in [0.717, 1.165) is 18.9 Å². The number of nitrogens with one attached hydrogen (secondary N) is 2. The Labute approximate surface area is 168 Å². The molecule has 1 aliphatic heterocycles. The number of halogens is 2. The molecule has 1 saturated carbocycles. The van der Waals surface area contributed by atoms with Gasteiger partial charge in [-0.3, -0.25) is 14.9 Å². The van der Waals surface area contributed by atoms with Crippen molar-refractivity contribution < 1.29 is 23.2 Å². The molecular formula is C20H26F2N4O3. The summed E-state index contributed by atoms with van der Waals surface area (Å²) in [4.78, 5) is 39.2. The Morgan fingerprint density at radius 2 is 1.79 bits per heavy atom. The third kappa shape index (κ3) is 6.13. The van der Waals surface area contributed by atoms with Crippen molar-refractivity contribution in [2.75, 3.05) is 31.1 Å². The molecule has 2 N–H and O–H groups in total. The van der Waals surface area contributed by atoms with E-state index in [9.17, 15) is 23.2 Å². The van der Waals surface area contributed by atoms with E-state index in [-0.39, 0.29) is 30.8 Å². The van der Waals surface area contributed by atoms with Crippen LogP contribution in [0.2, 0.25) is 0 Å². The quantitative estimate of drug-likeness (QED) is 0.755. The smallest absolute Gasteiger partial charge is 0.321 e. The average Bonchev–Trinajstić information content (AvgIpc) is 3.44. The van der Waals surface area contributed by atoms with Gasteiger partial charge in [-0.2, -0.15) is 0 Å². The van der Waals surface area contributed by atoms with Crippen molar-refractivity contribution in [3.8, 4) is 0 Å². The zero-order chi connectivity index (χ0) is 21.0. The number of hydrogen-bond donors (Lipinski definition) is 2. The minimum absolute atomic E-state index is 0.106. The predicted octanol–water partition coefficient (Wildman–Crippen LogP) is 2.02. The Morgan fingerprint density at radius 1 is 1.10 bits per heavy atom. The molecule has 7 nitrogen and oxygen atoms in total. The van der Waals surface area contributed by atoms with E-state index in [1.54, 1.807) is 4.90 Å². The van der Waals surface area contributed by atoms with E-state index >= 15 is 0 Å². The molecule has 1 heterocycles. The van der Waals surface area contributed by atoms with E-state index in [1.165, 1.54) is 12.1 Å². The highest BCUT2D eigenvalue weighted by atomic mass is 19.1. The second-order valence-electron chi connectivity index (χ2n) is 7.71. The topological polar surface area (TPSA) is 81.8 Å². The lowest BCUT2D eigenvalue weighted by Gasteiger charge is -2.41. The minimum atomic E-state index is -0.634. The van der Waals surface area contributed by atoms with Crippen LogP contribution in [-0.4, -0.2) is 55.0 Å². The van der Waals surface area contributed by atoms with Crippen molar-refractivity contribution in [3.05, 3.63) is 29.8 Å². The van der Waals surface area contributed by atoms with Crippen molar-refractivity contribution in [2.24, 2.45) is 5.92 Å². The molecule has 1 aromatic carbocycles. The van der Waals surface area contributed by atoms with Gasteiger partial charge in [0.15, 0.2) is 0 Å². The SMILES string of the molecule is C[C@H]1CN(C(=O)CCNC(=O)NC(=O)CC2CC2)CCN1c1cc(F)cc(F)c1. The van der Waals surface area contributed by atoms with Gasteiger partial charge in [-0.25, -0.2) is 13.6 Å². The molecule has 158 valence electrons. The van der Waals surface area contributed by atoms with Crippen LogP contribution in [0.5, 0.6) is 0 Å². The number of hydrogen-bond acceptors (Lipinski definition) is 4. The Hall–Kier alpha value is -2.71. The molecule has 1 aliphatic carbocycles. The second kappa shape index (κ2) is 9.19. The molecular weight excluding hydrogens is 382 g/mol. The average molecular weight is 408 g/mol. The van der Waals surface area contributed by atoms with Gasteiger partial charge in [-0.15, -0.1) is 0 Å². The summed E-state index contributed by atoms with van der Waals surface area (Å²) >= 11 is 0. The summed E-state index contributed by atoms with van der Waals surface area (Å²) in [5.74, 6) is -1.29. The summed E-state index contributed by atoms with van der Waals surface area (Å²) in [5.41, 5.74) is 0.455. The number of amides is 4. The third-order valence-electron chi connectivity index (χ3n) is 5.21. The molecule has 0 bridgehead atoms. The second-order valence-corrected chi connectivity index (χ2v) is 7.71. The molecule has 1 saturated heterocycles. The fourth-order valence-electron chi connectivity index (χ4n) is 3.52. The van der Waals surface area contributed by atoms with E-state index in [4.69, 9.17) is 0 Å². The number of imide groups is 1. The fraction of sp³-hybridized carbons (Fsp3) is 0.550. The molecule has 1 aromatic rings. The number of carbonyl (C=O) groups excluding carboxylic acids is 3. The summed E-state index contributed by atoms with van der Waals surface area (Å²) < 4.78 is 26.9. The Kier molecular flexibility index (Phi) is 6.66. The van der Waals surface area contributed by atoms with Crippen molar-refractivity contribution in [2.45, 2.75) is 38.6 Å². The van der Waals surface area contributed by atoms with Crippen LogP contribution >= 0.6 is 0 Å². The zero-order valence-corrected chi connectivity index (χ0v) is 16.4. The standard InChI is InChI=1S/C20H26F2N4O3/c1-13-12-25(6-7-26(13)17-10-15(21)9-16(22)11-17)19(28)4-5-23-20(29)24-18(27)8-14-2-3-14/h9-11,13-14H,2-8,12H2,1H3,(H2,23,24,27,29)/t13-/m0/s1. The Balaban J connectivity index is 1.40. The van der Waals surface area contributed by atoms with Gasteiger partial charge in [0.1, 0.15) is 11.6 Å². The van der Waals surface area contributed by atoms with Crippen molar-refractivity contribution in [3.63, 3.8) is 0 Å². The lowest BCUT2D eigenvalue weighted by Crippen LogP contribution is -2.54. The Morgan fingerprint density at radius 3 is 2.41 bits per heavy atom. The van der Waals surface area contributed by atoms with Crippen LogP contribution < -0.4 is 15.5 Å². The lowest BCUT2D eigenvalue weighted by atomic mass is 10.1. The normalized spacial score (nSPS) is 19.1. The molecule has 0 unspecified atom stereocenters. The first kappa shape index (κ1) is 21.0. The number of carbonyl (C=O) groups is 3. The van der Waals surface area contributed by atoms with Crippen LogP contribution in [0.1, 0.15) is 32.6 Å². The van der Waals surface area contributed by atoms with Gasteiger partial charge in [-0.05, 0) is 37.8 Å². The summed E-state index contributed by atoms with van der Waals surface area (Å²) in [7, 11) is 0. The van der Waals surface area contributed by atoms with Crippen LogP contribution in [0.25, 0.3) is 0 Å². The summed E-state index contributed by atoms with van der Waals surface area (Å²) in [5, 5.41) is 4.79. The van der Waals surface area contributed by atoms with Gasteiger partial charge in [0.2, 0.25) is 11.8 Å². The van der Waals surface area contributed by atoms with Crippen LogP contribution in [0.3, 0.4) is 0 Å². The molecule has 0 radical (unpaired) electrons. The van der Waals surface area contributed by atoms with Gasteiger partial charge >= 0.3 is 6.03 Å². The van der Waals surface area contributed by atoms with Crippen LogP contribution in [0.4, 0.5) is 19.3 Å². The van der Waals surface area contributed by atoms with Gasteiger partial charge in [0.05, 0.1) is 0 Å². The Bertz CT molecular complexity index is 765. The summed E-state index contributed by atoms with van der Waals surface area (Å²) in [6.45, 7) is 3.32. The number of urea groups is 1. The highest BCUT2D eigenvalue weighted by Gasteiger charge is 2.28. The molecule has 0 aromatic heterocycles. The number of piperazine rings is 1. The third-order valence-corrected chi connectivity index (χ3v) is 5.21. The summed E-state index contributed by atoms with van der Waals surface area (Å²) in [6.07, 6.45) is 2.54. The zero-order valence-electron chi connectivity index (χ0n) is 16.4. The highest BCUT2D eigenvalue weighted by Crippen LogP contribution is 2.32. The predicted molar refractivity (Wildman–Crippen MR) is 103 cm³/mol. The lowest BCUT2D eigenvalue weighted by molar-refractivity contribution is -0.131. The van der Waals surface area contributed by atoms with Gasteiger partial charge in [0.25, 0.3) is 0 Å². The number of nitrogens with zero attached hydrogens (tertiary/aromatic N) is 2. The fourth-order valence-corrected chi connectivity index (χ4v) is 3.52. The maximum absolute atomic E-state index is 13.5. The maximum Gasteiger partial charge on any atom is 0.321 e. The molecule has 1 atom stereocenters. The molecule has 2 fully saturated rings. The highest BCUT2D eigenvalue weighted by molar-refractivity contribution is 5.94. The number of rotatable bonds is 6. The van der Waals surface area contributed by atoms with Crippen molar-refractivity contribution in [1.82, 2.24) is 15.5 Å². The van der Waals surface area contributed by atoms with Gasteiger partial charge in [0, 0.05) is 56.8 Å². The van der Waals surface area contributed by atoms with Crippen LogP contribution in [-0.2, 0) is 9.59 Å². The summed E-state index contributed by atoms with van der Waals surface area (Å²) in [6, 6.07) is 2.70. The molecule has 0 spiro atoms. The van der Waals surface area contributed by atoms with Gasteiger partial charge < -0.3 is 15.1 Å². The molecule has 3 rings (SSSR count). The van der Waals surface area contributed by atoms with Crippen LogP contribution in [0, 0.1) is 17.6 Å². The van der Waals surface area contributed by atoms with Gasteiger partial charge in [-0.1, -0.05) is 0 Å². The van der Waals surface area contributed by atoms with E-state index in [0.29, 0.717) is 37.7 Å². The largest absolute Gasteiger partial charge is 0.365 e. The first-order valence-corrected chi connectivity index (χ1v) is 9.90. The first-order valence-electron chi connectivity index (χ1n) is 9.90. The minimum Gasteiger partial charge on any atom is -0.365 e. The first-order chi connectivity index (χ1) is 13.8. The molecule has 9 heteroatoms. The molecule has 4 amide bonds. The van der Waals surface area contributed by atoms with E-state index < -0.39 is 17.7 Å². The molecule has 2 aliphatic rings. The van der Waals surface area contributed by atoms with E-state index in [1.807, 2.05) is 11.8 Å². The van der Waals surface area contributed by atoms with E-state index in [2.05, 4.69) is 10.6 Å². The van der Waals surface area contributed by atoms with Crippen LogP contribution in [0.15, 0.2) is 18.2 Å². The van der Waals surface area contributed by atoms with Crippen molar-refractivity contribution >= 4 is 23.5 Å². The maximum atomic E-state index is 13.5. The monoisotopic (exact) mass is 408 g/mol.